The fourth-order valence-electron chi connectivity index (χ4n) is 1.48. The summed E-state index contributed by atoms with van der Waals surface area (Å²) in [5, 5.41) is 2.92. The van der Waals surface area contributed by atoms with E-state index in [0.717, 1.165) is 11.3 Å². The summed E-state index contributed by atoms with van der Waals surface area (Å²) in [6, 6.07) is 7.87. The highest BCUT2D eigenvalue weighted by molar-refractivity contribution is 5.93. The van der Waals surface area contributed by atoms with Crippen molar-refractivity contribution in [1.82, 2.24) is 0 Å². The van der Waals surface area contributed by atoms with Gasteiger partial charge in [-0.15, -0.1) is 12.4 Å². The summed E-state index contributed by atoms with van der Waals surface area (Å²) in [5.41, 5.74) is 7.51. The van der Waals surface area contributed by atoms with Crippen molar-refractivity contribution in [3.8, 4) is 0 Å². The first-order valence-electron chi connectivity index (χ1n) is 5.66. The highest BCUT2D eigenvalue weighted by atomic mass is 35.5. The molecule has 0 fully saturated rings. The Bertz CT molecular complexity index is 366. The van der Waals surface area contributed by atoms with E-state index >= 15 is 0 Å². The molecule has 1 aromatic carbocycles. The number of amides is 1. The third-order valence-electron chi connectivity index (χ3n) is 2.64. The Balaban J connectivity index is 0.00000256. The van der Waals surface area contributed by atoms with Crippen LogP contribution in [0.3, 0.4) is 0 Å². The molecule has 3 N–H and O–H groups in total. The average Bonchev–Trinajstić information content (AvgIpc) is 2.28. The van der Waals surface area contributed by atoms with Crippen molar-refractivity contribution in [2.24, 2.45) is 11.7 Å². The third-order valence-corrected chi connectivity index (χ3v) is 2.64. The monoisotopic (exact) mass is 256 g/mol. The van der Waals surface area contributed by atoms with Gasteiger partial charge in [0.2, 0.25) is 5.91 Å². The molecule has 96 valence electrons. The van der Waals surface area contributed by atoms with Crippen LogP contribution in [0.1, 0.15) is 32.3 Å². The number of carbonyl (C=O) groups is 1. The Kier molecular flexibility index (Phi) is 6.85. The van der Waals surface area contributed by atoms with Gasteiger partial charge in [0.25, 0.3) is 0 Å². The van der Waals surface area contributed by atoms with Gasteiger partial charge in [-0.05, 0) is 17.5 Å². The second-order valence-electron chi connectivity index (χ2n) is 4.37. The summed E-state index contributed by atoms with van der Waals surface area (Å²) in [7, 11) is 0. The molecule has 0 saturated carbocycles. The Morgan fingerprint density at radius 3 is 2.41 bits per heavy atom. The Hall–Kier alpha value is -1.06. The van der Waals surface area contributed by atoms with Crippen molar-refractivity contribution < 1.29 is 4.79 Å². The van der Waals surface area contributed by atoms with Crippen molar-refractivity contribution in [2.75, 3.05) is 11.9 Å². The molecule has 1 amide bonds. The molecule has 0 spiro atoms. The standard InChI is InChI=1S/C13H20N2O.ClH/c1-9(2)11-6-4-5-7-12(11)15-13(16)10(3)8-14;/h4-7,9-10H,8,14H2,1-3H3,(H,15,16);1H. The predicted octanol–water partition coefficient (Wildman–Crippen LogP) is 2.77. The lowest BCUT2D eigenvalue weighted by molar-refractivity contribution is -0.119. The summed E-state index contributed by atoms with van der Waals surface area (Å²) >= 11 is 0. The SMILES string of the molecule is CC(CN)C(=O)Nc1ccccc1C(C)C.Cl. The average molecular weight is 257 g/mol. The maximum absolute atomic E-state index is 11.7. The summed E-state index contributed by atoms with van der Waals surface area (Å²) in [6.07, 6.45) is 0. The minimum atomic E-state index is -0.153. The number of hydrogen-bond donors (Lipinski definition) is 2. The lowest BCUT2D eigenvalue weighted by Gasteiger charge is -2.15. The maximum Gasteiger partial charge on any atom is 0.228 e. The Morgan fingerprint density at radius 2 is 1.88 bits per heavy atom. The molecule has 0 bridgehead atoms. The topological polar surface area (TPSA) is 55.1 Å². The molecule has 0 aromatic heterocycles. The Labute approximate surface area is 109 Å². The van der Waals surface area contributed by atoms with Crippen LogP contribution in [0.5, 0.6) is 0 Å². The van der Waals surface area contributed by atoms with Crippen molar-refractivity contribution in [3.05, 3.63) is 29.8 Å². The predicted molar refractivity (Wildman–Crippen MR) is 74.6 cm³/mol. The molecule has 1 unspecified atom stereocenters. The van der Waals surface area contributed by atoms with E-state index in [1.165, 1.54) is 0 Å². The van der Waals surface area contributed by atoms with E-state index in [1.807, 2.05) is 31.2 Å². The molecule has 1 rings (SSSR count). The maximum atomic E-state index is 11.7. The largest absolute Gasteiger partial charge is 0.330 e. The smallest absolute Gasteiger partial charge is 0.228 e. The van der Waals surface area contributed by atoms with Gasteiger partial charge in [-0.25, -0.2) is 0 Å². The summed E-state index contributed by atoms with van der Waals surface area (Å²) in [4.78, 5) is 11.7. The minimum Gasteiger partial charge on any atom is -0.330 e. The number of rotatable bonds is 4. The van der Waals surface area contributed by atoms with E-state index in [0.29, 0.717) is 12.5 Å². The lowest BCUT2D eigenvalue weighted by Crippen LogP contribution is -2.27. The Morgan fingerprint density at radius 1 is 1.29 bits per heavy atom. The van der Waals surface area contributed by atoms with Gasteiger partial charge in [-0.2, -0.15) is 0 Å². The number of anilines is 1. The fourth-order valence-corrected chi connectivity index (χ4v) is 1.48. The minimum absolute atomic E-state index is 0. The van der Waals surface area contributed by atoms with E-state index < -0.39 is 0 Å². The molecule has 1 aromatic rings. The number of halogens is 1. The lowest BCUT2D eigenvalue weighted by atomic mass is 10.0. The normalized spacial score (nSPS) is 11.8. The van der Waals surface area contributed by atoms with Crippen molar-refractivity contribution >= 4 is 24.0 Å². The zero-order chi connectivity index (χ0) is 12.1. The zero-order valence-corrected chi connectivity index (χ0v) is 11.4. The van der Waals surface area contributed by atoms with Gasteiger partial charge in [0.05, 0.1) is 0 Å². The van der Waals surface area contributed by atoms with Crippen molar-refractivity contribution in [1.29, 1.82) is 0 Å². The van der Waals surface area contributed by atoms with Crippen LogP contribution >= 0.6 is 12.4 Å². The van der Waals surface area contributed by atoms with E-state index in [1.54, 1.807) is 0 Å². The summed E-state index contributed by atoms with van der Waals surface area (Å²) in [6.45, 7) is 6.41. The van der Waals surface area contributed by atoms with E-state index in [2.05, 4.69) is 19.2 Å². The second-order valence-corrected chi connectivity index (χ2v) is 4.37. The van der Waals surface area contributed by atoms with Gasteiger partial charge in [0, 0.05) is 18.2 Å². The van der Waals surface area contributed by atoms with Crippen molar-refractivity contribution in [2.45, 2.75) is 26.7 Å². The first-order chi connectivity index (χ1) is 7.56. The molecule has 4 heteroatoms. The molecular formula is C13H21ClN2O. The number of hydrogen-bond acceptors (Lipinski definition) is 2. The van der Waals surface area contributed by atoms with Gasteiger partial charge < -0.3 is 11.1 Å². The van der Waals surface area contributed by atoms with Crippen LogP contribution in [0.25, 0.3) is 0 Å². The quantitative estimate of drug-likeness (QED) is 0.870. The van der Waals surface area contributed by atoms with Crippen LogP contribution in [0.15, 0.2) is 24.3 Å². The molecule has 0 aliphatic heterocycles. The van der Waals surface area contributed by atoms with Crippen LogP contribution in [0.2, 0.25) is 0 Å². The highest BCUT2D eigenvalue weighted by Crippen LogP contribution is 2.23. The molecular weight excluding hydrogens is 236 g/mol. The highest BCUT2D eigenvalue weighted by Gasteiger charge is 2.13. The van der Waals surface area contributed by atoms with Gasteiger partial charge in [0.1, 0.15) is 0 Å². The fraction of sp³-hybridized carbons (Fsp3) is 0.462. The van der Waals surface area contributed by atoms with Crippen LogP contribution in [-0.2, 0) is 4.79 Å². The number of benzene rings is 1. The van der Waals surface area contributed by atoms with Crippen LogP contribution in [0.4, 0.5) is 5.69 Å². The molecule has 0 heterocycles. The van der Waals surface area contributed by atoms with Crippen molar-refractivity contribution in [3.63, 3.8) is 0 Å². The summed E-state index contributed by atoms with van der Waals surface area (Å²) in [5.74, 6) is 0.223. The number of nitrogens with one attached hydrogen (secondary N) is 1. The van der Waals surface area contributed by atoms with Gasteiger partial charge in [-0.3, -0.25) is 4.79 Å². The van der Waals surface area contributed by atoms with Crippen LogP contribution in [0, 0.1) is 5.92 Å². The molecule has 0 aliphatic rings. The molecule has 0 aliphatic carbocycles. The first kappa shape index (κ1) is 15.9. The van der Waals surface area contributed by atoms with E-state index in [4.69, 9.17) is 5.73 Å². The molecule has 1 atom stereocenters. The first-order valence-corrected chi connectivity index (χ1v) is 5.66. The van der Waals surface area contributed by atoms with Gasteiger partial charge >= 0.3 is 0 Å². The molecule has 17 heavy (non-hydrogen) atoms. The van der Waals surface area contributed by atoms with Crippen LogP contribution in [-0.4, -0.2) is 12.5 Å². The molecule has 0 radical (unpaired) electrons. The van der Waals surface area contributed by atoms with Crippen LogP contribution < -0.4 is 11.1 Å². The zero-order valence-electron chi connectivity index (χ0n) is 10.6. The van der Waals surface area contributed by atoms with Gasteiger partial charge in [0.15, 0.2) is 0 Å². The molecule has 3 nitrogen and oxygen atoms in total. The number of nitrogens with two attached hydrogens (primary N) is 1. The van der Waals surface area contributed by atoms with E-state index in [-0.39, 0.29) is 24.2 Å². The van der Waals surface area contributed by atoms with E-state index in [9.17, 15) is 4.79 Å². The van der Waals surface area contributed by atoms with Gasteiger partial charge in [-0.1, -0.05) is 39.0 Å². The third kappa shape index (κ3) is 4.36. The molecule has 0 saturated heterocycles. The second kappa shape index (κ2) is 7.30. The summed E-state index contributed by atoms with van der Waals surface area (Å²) < 4.78 is 0. The number of carbonyl (C=O) groups excluding carboxylic acids is 1. The number of para-hydroxylation sites is 1.